The number of nitrogen functional groups attached to an aromatic ring is 1. The van der Waals surface area contributed by atoms with Crippen molar-refractivity contribution in [3.05, 3.63) is 29.8 Å². The molecule has 2 unspecified atom stereocenters. The Labute approximate surface area is 148 Å². The standard InChI is InChI=1S/C18H19F3N4O/c1-7(2)16-24-11(8-3-10(18(19,20)21)15(22)23-5-8)6-25(16)17-9-4-12(26)14(17)13(9)17/h3,5-7,9,12-14,26H,4H2,1-2H3,(H2,22,23)/t9-,12?,13-,14?,17-/m0/s1. The second-order valence-electron chi connectivity index (χ2n) is 8.01. The Morgan fingerprint density at radius 3 is 2.62 bits per heavy atom. The van der Waals surface area contributed by atoms with Crippen molar-refractivity contribution in [2.24, 2.45) is 17.8 Å². The van der Waals surface area contributed by atoms with Gasteiger partial charge in [0.05, 0.1) is 22.9 Å². The van der Waals surface area contributed by atoms with Crippen LogP contribution in [-0.2, 0) is 11.7 Å². The molecule has 138 valence electrons. The Balaban J connectivity index is 1.59. The lowest BCUT2D eigenvalue weighted by Crippen LogP contribution is -2.19. The Morgan fingerprint density at radius 2 is 2.08 bits per heavy atom. The van der Waals surface area contributed by atoms with Gasteiger partial charge >= 0.3 is 6.18 Å². The number of nitrogens with zero attached hydrogens (tertiary/aromatic N) is 3. The molecule has 0 amide bonds. The van der Waals surface area contributed by atoms with Gasteiger partial charge in [0.15, 0.2) is 0 Å². The molecule has 3 N–H and O–H groups in total. The molecule has 4 aliphatic carbocycles. The molecule has 5 nitrogen and oxygen atoms in total. The summed E-state index contributed by atoms with van der Waals surface area (Å²) in [5.74, 6) is 1.66. The number of aliphatic hydroxyl groups is 1. The number of aliphatic hydroxyl groups excluding tert-OH is 1. The summed E-state index contributed by atoms with van der Waals surface area (Å²) < 4.78 is 41.5. The third-order valence-corrected chi connectivity index (χ3v) is 6.36. The average Bonchev–Trinajstić information content (AvgIpc) is 3.14. The maximum absolute atomic E-state index is 13.1. The van der Waals surface area contributed by atoms with Gasteiger partial charge in [0.25, 0.3) is 0 Å². The molecule has 2 heterocycles. The molecule has 26 heavy (non-hydrogen) atoms. The number of halogens is 3. The SMILES string of the molecule is CC(C)c1nc(-c2cnc(N)c(C(F)(F)F)c2)cn1[C@@]12C3C(O)C[C@H]1[C@@H]32. The summed E-state index contributed by atoms with van der Waals surface area (Å²) in [5, 5.41) is 10.1. The minimum Gasteiger partial charge on any atom is -0.393 e. The van der Waals surface area contributed by atoms with Gasteiger partial charge in [0, 0.05) is 29.8 Å². The van der Waals surface area contributed by atoms with Crippen molar-refractivity contribution in [2.45, 2.75) is 44.0 Å². The van der Waals surface area contributed by atoms with E-state index in [1.165, 1.54) is 6.20 Å². The summed E-state index contributed by atoms with van der Waals surface area (Å²) in [6.45, 7) is 4.03. The first-order chi connectivity index (χ1) is 12.2. The molecule has 4 aliphatic rings. The Bertz CT molecular complexity index is 916. The first kappa shape index (κ1) is 16.1. The van der Waals surface area contributed by atoms with Gasteiger partial charge in [-0.1, -0.05) is 13.8 Å². The first-order valence-corrected chi connectivity index (χ1v) is 8.78. The fourth-order valence-electron chi connectivity index (χ4n) is 5.21. The van der Waals surface area contributed by atoms with Gasteiger partial charge in [-0.2, -0.15) is 13.2 Å². The highest BCUT2D eigenvalue weighted by Crippen LogP contribution is 2.89. The van der Waals surface area contributed by atoms with Crippen LogP contribution in [0.1, 0.15) is 37.6 Å². The fourth-order valence-corrected chi connectivity index (χ4v) is 5.21. The zero-order valence-electron chi connectivity index (χ0n) is 14.3. The highest BCUT2D eigenvalue weighted by atomic mass is 19.4. The molecule has 0 radical (unpaired) electrons. The largest absolute Gasteiger partial charge is 0.419 e. The first-order valence-electron chi connectivity index (χ1n) is 8.78. The van der Waals surface area contributed by atoms with E-state index in [2.05, 4.69) is 14.5 Å². The van der Waals surface area contributed by atoms with E-state index in [1.807, 2.05) is 20.0 Å². The van der Waals surface area contributed by atoms with E-state index in [4.69, 9.17) is 5.73 Å². The molecule has 2 aromatic heterocycles. The van der Waals surface area contributed by atoms with Crippen LogP contribution in [-0.4, -0.2) is 25.7 Å². The molecule has 5 atom stereocenters. The zero-order valence-corrected chi connectivity index (χ0v) is 14.3. The predicted octanol–water partition coefficient (Wildman–Crippen LogP) is 3.01. The van der Waals surface area contributed by atoms with E-state index in [0.717, 1.165) is 18.3 Å². The highest BCUT2D eigenvalue weighted by Gasteiger charge is 2.93. The third-order valence-electron chi connectivity index (χ3n) is 6.36. The molecular formula is C18H19F3N4O. The number of anilines is 1. The molecule has 0 saturated heterocycles. The van der Waals surface area contributed by atoms with Crippen LogP contribution in [0.4, 0.5) is 19.0 Å². The summed E-state index contributed by atoms with van der Waals surface area (Å²) in [5.41, 5.74) is 5.16. The van der Waals surface area contributed by atoms with Crippen molar-refractivity contribution in [3.8, 4) is 11.3 Å². The lowest BCUT2D eigenvalue weighted by molar-refractivity contribution is -0.137. The molecule has 4 fully saturated rings. The van der Waals surface area contributed by atoms with Crippen molar-refractivity contribution >= 4 is 5.82 Å². The van der Waals surface area contributed by atoms with Crippen molar-refractivity contribution in [1.82, 2.24) is 14.5 Å². The summed E-state index contributed by atoms with van der Waals surface area (Å²) in [4.78, 5) is 8.34. The van der Waals surface area contributed by atoms with E-state index in [-0.39, 0.29) is 23.5 Å². The van der Waals surface area contributed by atoms with E-state index >= 15 is 0 Å². The number of fused-ring (bicyclic) bond motifs is 1. The maximum Gasteiger partial charge on any atom is 0.419 e. The molecular weight excluding hydrogens is 345 g/mol. The van der Waals surface area contributed by atoms with E-state index in [9.17, 15) is 18.3 Å². The fraction of sp³-hybridized carbons (Fsp3) is 0.556. The van der Waals surface area contributed by atoms with E-state index < -0.39 is 17.6 Å². The number of hydrogen-bond donors (Lipinski definition) is 2. The van der Waals surface area contributed by atoms with Crippen LogP contribution < -0.4 is 5.73 Å². The van der Waals surface area contributed by atoms with Gasteiger partial charge in [-0.25, -0.2) is 9.97 Å². The second-order valence-corrected chi connectivity index (χ2v) is 8.01. The van der Waals surface area contributed by atoms with Gasteiger partial charge in [0.1, 0.15) is 11.6 Å². The summed E-state index contributed by atoms with van der Waals surface area (Å²) in [6, 6.07) is 1.01. The maximum atomic E-state index is 13.1. The zero-order chi connectivity index (χ0) is 18.6. The molecule has 2 aromatic rings. The number of rotatable bonds is 3. The lowest BCUT2D eigenvalue weighted by Gasteiger charge is -2.16. The Morgan fingerprint density at radius 1 is 1.35 bits per heavy atom. The summed E-state index contributed by atoms with van der Waals surface area (Å²) >= 11 is 0. The van der Waals surface area contributed by atoms with Crippen LogP contribution in [0.3, 0.4) is 0 Å². The van der Waals surface area contributed by atoms with Crippen LogP contribution in [0.2, 0.25) is 0 Å². The number of nitrogens with two attached hydrogens (primary N) is 1. The van der Waals surface area contributed by atoms with Crippen LogP contribution in [0.15, 0.2) is 18.5 Å². The molecule has 4 saturated carbocycles. The number of imidazole rings is 1. The van der Waals surface area contributed by atoms with Crippen molar-refractivity contribution in [2.75, 3.05) is 5.73 Å². The van der Waals surface area contributed by atoms with Gasteiger partial charge in [-0.3, -0.25) is 0 Å². The van der Waals surface area contributed by atoms with Gasteiger partial charge in [-0.05, 0) is 24.3 Å². The van der Waals surface area contributed by atoms with Gasteiger partial charge < -0.3 is 15.4 Å². The third kappa shape index (κ3) is 1.80. The van der Waals surface area contributed by atoms with Crippen LogP contribution >= 0.6 is 0 Å². The van der Waals surface area contributed by atoms with Crippen molar-refractivity contribution in [1.29, 1.82) is 0 Å². The monoisotopic (exact) mass is 364 g/mol. The minimum atomic E-state index is -4.56. The molecule has 8 heteroatoms. The lowest BCUT2D eigenvalue weighted by atomic mass is 10.1. The smallest absolute Gasteiger partial charge is 0.393 e. The average molecular weight is 364 g/mol. The van der Waals surface area contributed by atoms with Crippen LogP contribution in [0, 0.1) is 17.8 Å². The normalized spacial score (nSPS) is 34.3. The van der Waals surface area contributed by atoms with Crippen LogP contribution in [0.25, 0.3) is 11.3 Å². The van der Waals surface area contributed by atoms with Crippen molar-refractivity contribution < 1.29 is 18.3 Å². The molecule has 2 bridgehead atoms. The number of aromatic nitrogens is 3. The second kappa shape index (κ2) is 4.60. The number of hydrogen-bond acceptors (Lipinski definition) is 4. The highest BCUT2D eigenvalue weighted by molar-refractivity contribution is 5.63. The van der Waals surface area contributed by atoms with Gasteiger partial charge in [-0.15, -0.1) is 0 Å². The van der Waals surface area contributed by atoms with Crippen LogP contribution in [0.5, 0.6) is 0 Å². The van der Waals surface area contributed by atoms with E-state index in [1.54, 1.807) is 0 Å². The Kier molecular flexibility index (Phi) is 2.85. The van der Waals surface area contributed by atoms with Gasteiger partial charge in [0.2, 0.25) is 0 Å². The molecule has 0 spiro atoms. The predicted molar refractivity (Wildman–Crippen MR) is 88.0 cm³/mol. The molecule has 0 aromatic carbocycles. The summed E-state index contributed by atoms with van der Waals surface area (Å²) in [7, 11) is 0. The minimum absolute atomic E-state index is 0.0572. The number of pyridine rings is 1. The topological polar surface area (TPSA) is 77.0 Å². The Hall–Kier alpha value is -2.09. The van der Waals surface area contributed by atoms with E-state index in [0.29, 0.717) is 23.1 Å². The van der Waals surface area contributed by atoms with Crippen molar-refractivity contribution in [3.63, 3.8) is 0 Å². The molecule has 0 aliphatic heterocycles. The molecule has 6 rings (SSSR count). The quantitative estimate of drug-likeness (QED) is 0.878. The number of alkyl halides is 3. The summed E-state index contributed by atoms with van der Waals surface area (Å²) in [6.07, 6.45) is -0.864.